The van der Waals surface area contributed by atoms with Crippen molar-refractivity contribution in [1.29, 1.82) is 5.26 Å². The van der Waals surface area contributed by atoms with Gasteiger partial charge < -0.3 is 15.4 Å². The summed E-state index contributed by atoms with van der Waals surface area (Å²) in [6.45, 7) is 0.432. The van der Waals surface area contributed by atoms with Gasteiger partial charge in [-0.05, 0) is 68.9 Å². The third-order valence-corrected chi connectivity index (χ3v) is 7.29. The van der Waals surface area contributed by atoms with Gasteiger partial charge in [-0.15, -0.1) is 0 Å². The summed E-state index contributed by atoms with van der Waals surface area (Å²) in [5, 5.41) is 12.3. The maximum absolute atomic E-state index is 12.9. The summed E-state index contributed by atoms with van der Waals surface area (Å²) in [4.78, 5) is 14.7. The molecule has 1 aliphatic carbocycles. The first-order chi connectivity index (χ1) is 16.5. The number of carbonyl (C=O) groups is 1. The zero-order chi connectivity index (χ0) is 23.8. The Morgan fingerprint density at radius 2 is 1.91 bits per heavy atom. The molecule has 2 N–H and O–H groups in total. The molecule has 34 heavy (non-hydrogen) atoms. The molecule has 3 aromatic carbocycles. The minimum absolute atomic E-state index is 0.0890. The molecule has 1 atom stereocenters. The largest absolute Gasteiger partial charge is 0.488 e. The van der Waals surface area contributed by atoms with Gasteiger partial charge in [0, 0.05) is 24.7 Å². The van der Waals surface area contributed by atoms with Crippen LogP contribution in [0.3, 0.4) is 0 Å². The molecule has 5 rings (SSSR count). The van der Waals surface area contributed by atoms with Crippen molar-refractivity contribution < 1.29 is 9.53 Å². The summed E-state index contributed by atoms with van der Waals surface area (Å²) in [6.07, 6.45) is 2.08. The number of halogens is 1. The molecule has 0 amide bonds. The Morgan fingerprint density at radius 1 is 1.12 bits per heavy atom. The average Bonchev–Trinajstić information content (AvgIpc) is 2.85. The highest BCUT2D eigenvalue weighted by Crippen LogP contribution is 2.45. The van der Waals surface area contributed by atoms with Gasteiger partial charge in [0.25, 0.3) is 0 Å². The monoisotopic (exact) mass is 513 g/mol. The fraction of sp³-hybridized carbons (Fsp3) is 0.214. The number of fused-ring (bicyclic) bond motifs is 1. The lowest BCUT2D eigenvalue weighted by atomic mass is 9.76. The first-order valence-corrected chi connectivity index (χ1v) is 12.1. The van der Waals surface area contributed by atoms with Gasteiger partial charge >= 0.3 is 0 Å². The van der Waals surface area contributed by atoms with Crippen molar-refractivity contribution in [3.63, 3.8) is 0 Å². The van der Waals surface area contributed by atoms with Crippen LogP contribution >= 0.6 is 15.9 Å². The average molecular weight is 514 g/mol. The van der Waals surface area contributed by atoms with Crippen LogP contribution in [-0.4, -0.2) is 17.7 Å². The molecule has 0 fully saturated rings. The molecule has 0 saturated heterocycles. The van der Waals surface area contributed by atoms with E-state index in [9.17, 15) is 10.1 Å². The fourth-order valence-electron chi connectivity index (χ4n) is 4.90. The zero-order valence-corrected chi connectivity index (χ0v) is 20.4. The Bertz CT molecular complexity index is 1420. The molecule has 2 aliphatic rings. The number of nitrogens with zero attached hydrogens (tertiary/aromatic N) is 2. The number of ketones is 1. The van der Waals surface area contributed by atoms with E-state index in [0.717, 1.165) is 34.1 Å². The van der Waals surface area contributed by atoms with Gasteiger partial charge in [0.15, 0.2) is 5.78 Å². The quantitative estimate of drug-likeness (QED) is 0.468. The second-order valence-corrected chi connectivity index (χ2v) is 9.55. The Morgan fingerprint density at radius 3 is 2.68 bits per heavy atom. The van der Waals surface area contributed by atoms with E-state index in [-0.39, 0.29) is 5.78 Å². The molecule has 0 spiro atoms. The number of ether oxygens (including phenoxy) is 1. The molecule has 5 nitrogen and oxygen atoms in total. The zero-order valence-electron chi connectivity index (χ0n) is 18.8. The van der Waals surface area contributed by atoms with Crippen molar-refractivity contribution >= 4 is 32.5 Å². The van der Waals surface area contributed by atoms with E-state index in [2.05, 4.69) is 52.3 Å². The summed E-state index contributed by atoms with van der Waals surface area (Å²) < 4.78 is 6.87. The number of Topliss-reactive ketones (excluding diaryl/α,β-unsaturated/α-hetero) is 1. The molecule has 1 heterocycles. The van der Waals surface area contributed by atoms with Crippen molar-refractivity contribution in [2.45, 2.75) is 31.8 Å². The maximum Gasteiger partial charge on any atom is 0.161 e. The predicted octanol–water partition coefficient (Wildman–Crippen LogP) is 5.91. The van der Waals surface area contributed by atoms with Crippen molar-refractivity contribution in [3.8, 4) is 11.8 Å². The number of allylic oxidation sites excluding steroid dienone is 3. The van der Waals surface area contributed by atoms with E-state index in [1.807, 2.05) is 37.4 Å². The third-order valence-electron chi connectivity index (χ3n) is 6.67. The van der Waals surface area contributed by atoms with Crippen molar-refractivity contribution in [3.05, 3.63) is 98.9 Å². The van der Waals surface area contributed by atoms with Crippen LogP contribution in [-0.2, 0) is 11.4 Å². The number of hydrogen-bond donors (Lipinski definition) is 1. The Labute approximate surface area is 207 Å². The molecule has 6 heteroatoms. The molecule has 1 aliphatic heterocycles. The van der Waals surface area contributed by atoms with Crippen LogP contribution in [0.2, 0.25) is 0 Å². The minimum atomic E-state index is -0.463. The number of nitriles is 1. The van der Waals surface area contributed by atoms with Gasteiger partial charge in [-0.2, -0.15) is 5.26 Å². The third kappa shape index (κ3) is 3.86. The van der Waals surface area contributed by atoms with Crippen molar-refractivity contribution in [2.24, 2.45) is 5.73 Å². The summed E-state index contributed by atoms with van der Waals surface area (Å²) in [7, 11) is 1.83. The molecule has 0 bridgehead atoms. The van der Waals surface area contributed by atoms with Crippen molar-refractivity contribution in [2.75, 3.05) is 7.05 Å². The first-order valence-electron chi connectivity index (χ1n) is 11.3. The number of nitrogens with two attached hydrogens (primary N) is 1. The van der Waals surface area contributed by atoms with E-state index in [0.29, 0.717) is 35.7 Å². The first kappa shape index (κ1) is 22.2. The molecular formula is C28H24BrN3O2. The van der Waals surface area contributed by atoms with E-state index in [1.54, 1.807) is 4.90 Å². The van der Waals surface area contributed by atoms with E-state index >= 15 is 0 Å². The predicted molar refractivity (Wildman–Crippen MR) is 136 cm³/mol. The second-order valence-electron chi connectivity index (χ2n) is 8.70. The van der Waals surface area contributed by atoms with Gasteiger partial charge in [-0.3, -0.25) is 4.79 Å². The molecule has 170 valence electrons. The van der Waals surface area contributed by atoms with Crippen LogP contribution in [0.25, 0.3) is 10.8 Å². The molecular weight excluding hydrogens is 490 g/mol. The number of hydrogen-bond acceptors (Lipinski definition) is 5. The maximum atomic E-state index is 12.9. The van der Waals surface area contributed by atoms with E-state index < -0.39 is 5.92 Å². The van der Waals surface area contributed by atoms with E-state index in [1.165, 1.54) is 10.8 Å². The van der Waals surface area contributed by atoms with Crippen LogP contribution < -0.4 is 10.5 Å². The topological polar surface area (TPSA) is 79.3 Å². The van der Waals surface area contributed by atoms with Crippen LogP contribution in [0.1, 0.15) is 36.3 Å². The molecule has 0 radical (unpaired) electrons. The highest BCUT2D eigenvalue weighted by Gasteiger charge is 2.38. The van der Waals surface area contributed by atoms with Crippen LogP contribution in [0.15, 0.2) is 87.8 Å². The fourth-order valence-corrected chi connectivity index (χ4v) is 5.41. The van der Waals surface area contributed by atoms with E-state index in [4.69, 9.17) is 10.5 Å². The standard InChI is InChI=1S/C28H24BrN3O2/c1-32-23-7-4-8-24(33)27(23)26(21(15-30)28(32)31)20-11-12-25(22(29)14-20)34-16-17-9-10-18-5-2-3-6-19(18)13-17/h2-3,5-6,9-14,26H,4,7-8,16,31H2,1H3/t26-/m0/s1. The Kier molecular flexibility index (Phi) is 5.89. The van der Waals surface area contributed by atoms with Crippen molar-refractivity contribution in [1.82, 2.24) is 4.90 Å². The van der Waals surface area contributed by atoms with Gasteiger partial charge in [-0.1, -0.05) is 42.5 Å². The summed E-state index contributed by atoms with van der Waals surface area (Å²) in [5.41, 5.74) is 10.3. The lowest BCUT2D eigenvalue weighted by Gasteiger charge is -2.37. The van der Waals surface area contributed by atoms with Gasteiger partial charge in [-0.25, -0.2) is 0 Å². The van der Waals surface area contributed by atoms with Gasteiger partial charge in [0.05, 0.1) is 22.0 Å². The second kappa shape index (κ2) is 9.00. The molecule has 0 aromatic heterocycles. The highest BCUT2D eigenvalue weighted by atomic mass is 79.9. The summed E-state index contributed by atoms with van der Waals surface area (Å²) >= 11 is 3.63. The Hall–Kier alpha value is -3.56. The molecule has 3 aromatic rings. The smallest absolute Gasteiger partial charge is 0.161 e. The lowest BCUT2D eigenvalue weighted by Crippen LogP contribution is -2.36. The number of benzene rings is 3. The normalized spacial score (nSPS) is 18.2. The summed E-state index contributed by atoms with van der Waals surface area (Å²) in [5.74, 6) is 0.735. The lowest BCUT2D eigenvalue weighted by molar-refractivity contribution is -0.116. The van der Waals surface area contributed by atoms with Gasteiger partial charge in [0.1, 0.15) is 18.2 Å². The molecule has 0 unspecified atom stereocenters. The Balaban J connectivity index is 1.44. The van der Waals surface area contributed by atoms with Crippen LogP contribution in [0, 0.1) is 11.3 Å². The SMILES string of the molecule is CN1C(N)=C(C#N)[C@H](c2ccc(OCc3ccc4ccccc4c3)c(Br)c2)C2=C1CCCC2=O. The number of carbonyl (C=O) groups excluding carboxylic acids is 1. The summed E-state index contributed by atoms with van der Waals surface area (Å²) in [6, 6.07) is 22.5. The number of rotatable bonds is 4. The van der Waals surface area contributed by atoms with Crippen LogP contribution in [0.4, 0.5) is 0 Å². The van der Waals surface area contributed by atoms with Crippen LogP contribution in [0.5, 0.6) is 5.75 Å². The van der Waals surface area contributed by atoms with Gasteiger partial charge in [0.2, 0.25) is 0 Å². The molecule has 0 saturated carbocycles. The highest BCUT2D eigenvalue weighted by molar-refractivity contribution is 9.10. The minimum Gasteiger partial charge on any atom is -0.488 e.